The quantitative estimate of drug-likeness (QED) is 0.314. The van der Waals surface area contributed by atoms with Crippen molar-refractivity contribution < 1.29 is 9.59 Å². The van der Waals surface area contributed by atoms with Crippen LogP contribution < -0.4 is 5.32 Å². The van der Waals surface area contributed by atoms with Gasteiger partial charge in [-0.2, -0.15) is 0 Å². The van der Waals surface area contributed by atoms with E-state index < -0.39 is 5.37 Å². The third kappa shape index (κ3) is 4.55. The minimum atomic E-state index is -0.792. The maximum atomic E-state index is 12.9. The SMILES string of the molecule is Cc1cc(S[C@@H](NC(=O)c2ccccc2)C(=O)c2ccccc2)ncn1. The first kappa shape index (κ1) is 17.8. The number of hydrogen-bond donors (Lipinski definition) is 1. The molecule has 1 aromatic heterocycles. The van der Waals surface area contributed by atoms with Gasteiger partial charge in [0.15, 0.2) is 5.78 Å². The molecular weight excluding hydrogens is 346 g/mol. The predicted octanol–water partition coefficient (Wildman–Crippen LogP) is 3.52. The van der Waals surface area contributed by atoms with Crippen LogP contribution in [0.2, 0.25) is 0 Å². The van der Waals surface area contributed by atoms with Gasteiger partial charge in [0.2, 0.25) is 0 Å². The summed E-state index contributed by atoms with van der Waals surface area (Å²) in [7, 11) is 0. The number of aryl methyl sites for hydroxylation is 1. The van der Waals surface area contributed by atoms with Crippen molar-refractivity contribution in [2.24, 2.45) is 0 Å². The van der Waals surface area contributed by atoms with Crippen molar-refractivity contribution in [3.05, 3.63) is 89.9 Å². The van der Waals surface area contributed by atoms with Crippen molar-refractivity contribution >= 4 is 23.5 Å². The molecule has 0 aliphatic heterocycles. The molecular formula is C20H17N3O2S. The zero-order chi connectivity index (χ0) is 18.4. The van der Waals surface area contributed by atoms with Gasteiger partial charge in [0.05, 0.1) is 0 Å². The number of nitrogens with zero attached hydrogens (tertiary/aromatic N) is 2. The van der Waals surface area contributed by atoms with E-state index in [1.165, 1.54) is 18.1 Å². The molecule has 0 aliphatic carbocycles. The number of carbonyl (C=O) groups excluding carboxylic acids is 2. The van der Waals surface area contributed by atoms with Crippen molar-refractivity contribution in [1.82, 2.24) is 15.3 Å². The molecule has 2 aromatic carbocycles. The van der Waals surface area contributed by atoms with Crippen LogP contribution in [-0.2, 0) is 0 Å². The fourth-order valence-corrected chi connectivity index (χ4v) is 3.31. The molecule has 1 amide bonds. The Morgan fingerprint density at radius 1 is 0.923 bits per heavy atom. The van der Waals surface area contributed by atoms with Crippen LogP contribution in [0.25, 0.3) is 0 Å². The van der Waals surface area contributed by atoms with Crippen molar-refractivity contribution in [3.63, 3.8) is 0 Å². The number of carbonyl (C=O) groups is 2. The van der Waals surface area contributed by atoms with Gasteiger partial charge in [-0.3, -0.25) is 9.59 Å². The third-order valence-corrected chi connectivity index (χ3v) is 4.64. The average molecular weight is 363 g/mol. The maximum Gasteiger partial charge on any atom is 0.252 e. The standard InChI is InChI=1S/C20H17N3O2S/c1-14-12-17(22-13-21-14)26-20(18(24)15-8-4-2-5-9-15)23-19(25)16-10-6-3-7-11-16/h2-13,20H,1H3,(H,23,25)/t20-/m1/s1. The van der Waals surface area contributed by atoms with Crippen LogP contribution in [0.1, 0.15) is 26.4 Å². The minimum Gasteiger partial charge on any atom is -0.333 e. The summed E-state index contributed by atoms with van der Waals surface area (Å²) in [5.74, 6) is -0.491. The summed E-state index contributed by atoms with van der Waals surface area (Å²) in [6.07, 6.45) is 1.45. The lowest BCUT2D eigenvalue weighted by Gasteiger charge is -2.17. The van der Waals surface area contributed by atoms with Gasteiger partial charge in [0, 0.05) is 16.8 Å². The summed E-state index contributed by atoms with van der Waals surface area (Å²) in [5, 5.41) is 2.65. The highest BCUT2D eigenvalue weighted by Gasteiger charge is 2.24. The zero-order valence-corrected chi connectivity index (χ0v) is 14.9. The zero-order valence-electron chi connectivity index (χ0n) is 14.1. The monoisotopic (exact) mass is 363 g/mol. The second-order valence-electron chi connectivity index (χ2n) is 5.57. The lowest BCUT2D eigenvalue weighted by molar-refractivity contribution is 0.0892. The molecule has 1 atom stereocenters. The highest BCUT2D eigenvalue weighted by Crippen LogP contribution is 2.23. The largest absolute Gasteiger partial charge is 0.333 e. The Labute approximate surface area is 155 Å². The molecule has 6 heteroatoms. The predicted molar refractivity (Wildman–Crippen MR) is 101 cm³/mol. The Morgan fingerprint density at radius 2 is 1.54 bits per heavy atom. The second kappa shape index (κ2) is 8.40. The molecule has 0 aliphatic rings. The van der Waals surface area contributed by atoms with E-state index in [2.05, 4.69) is 15.3 Å². The van der Waals surface area contributed by atoms with Crippen LogP contribution in [0, 0.1) is 6.92 Å². The number of hydrogen-bond acceptors (Lipinski definition) is 5. The molecule has 0 saturated carbocycles. The Balaban J connectivity index is 1.85. The number of thioether (sulfide) groups is 1. The molecule has 5 nitrogen and oxygen atoms in total. The van der Waals surface area contributed by atoms with Gasteiger partial charge in [-0.05, 0) is 25.1 Å². The Morgan fingerprint density at radius 3 is 2.15 bits per heavy atom. The number of nitrogens with one attached hydrogen (secondary N) is 1. The highest BCUT2D eigenvalue weighted by molar-refractivity contribution is 8.00. The number of ketones is 1. The summed E-state index contributed by atoms with van der Waals surface area (Å²) in [6.45, 7) is 1.85. The average Bonchev–Trinajstić information content (AvgIpc) is 2.68. The number of amides is 1. The van der Waals surface area contributed by atoms with Crippen LogP contribution in [0.4, 0.5) is 0 Å². The third-order valence-electron chi connectivity index (χ3n) is 3.61. The molecule has 1 heterocycles. The van der Waals surface area contributed by atoms with Crippen LogP contribution in [0.3, 0.4) is 0 Å². The fraction of sp³-hybridized carbons (Fsp3) is 0.100. The first-order valence-electron chi connectivity index (χ1n) is 8.04. The maximum absolute atomic E-state index is 12.9. The number of Topliss-reactive ketones (excluding diaryl/α,β-unsaturated/α-hetero) is 1. The Bertz CT molecular complexity index is 901. The summed E-state index contributed by atoms with van der Waals surface area (Å²) < 4.78 is 0. The lowest BCUT2D eigenvalue weighted by Crippen LogP contribution is -2.38. The van der Waals surface area contributed by atoms with E-state index in [9.17, 15) is 9.59 Å². The molecule has 1 N–H and O–H groups in total. The molecule has 0 bridgehead atoms. The fourth-order valence-electron chi connectivity index (χ4n) is 2.31. The summed E-state index contributed by atoms with van der Waals surface area (Å²) in [5.41, 5.74) is 1.82. The van der Waals surface area contributed by atoms with Gasteiger partial charge in [-0.25, -0.2) is 9.97 Å². The summed E-state index contributed by atoms with van der Waals surface area (Å²) in [4.78, 5) is 33.7. The van der Waals surface area contributed by atoms with Gasteiger partial charge in [0.25, 0.3) is 5.91 Å². The van der Waals surface area contributed by atoms with Crippen molar-refractivity contribution in [2.75, 3.05) is 0 Å². The molecule has 130 valence electrons. The molecule has 3 aromatic rings. The van der Waals surface area contributed by atoms with Gasteiger partial charge in [-0.15, -0.1) is 0 Å². The van der Waals surface area contributed by atoms with E-state index in [0.29, 0.717) is 16.2 Å². The Hall–Kier alpha value is -2.99. The summed E-state index contributed by atoms with van der Waals surface area (Å²) >= 11 is 1.20. The van der Waals surface area contributed by atoms with Crippen LogP contribution in [0.15, 0.2) is 78.1 Å². The van der Waals surface area contributed by atoms with Crippen LogP contribution in [-0.4, -0.2) is 27.0 Å². The van der Waals surface area contributed by atoms with Gasteiger partial charge >= 0.3 is 0 Å². The van der Waals surface area contributed by atoms with Crippen molar-refractivity contribution in [2.45, 2.75) is 17.3 Å². The molecule has 0 saturated heterocycles. The highest BCUT2D eigenvalue weighted by atomic mass is 32.2. The van der Waals surface area contributed by atoms with E-state index >= 15 is 0 Å². The van der Waals surface area contributed by atoms with Crippen LogP contribution >= 0.6 is 11.8 Å². The topological polar surface area (TPSA) is 72.0 Å². The van der Waals surface area contributed by atoms with E-state index in [1.807, 2.05) is 19.1 Å². The molecule has 0 unspecified atom stereocenters. The van der Waals surface area contributed by atoms with Gasteiger partial charge < -0.3 is 5.32 Å². The molecule has 26 heavy (non-hydrogen) atoms. The van der Waals surface area contributed by atoms with E-state index in [-0.39, 0.29) is 11.7 Å². The van der Waals surface area contributed by atoms with Crippen molar-refractivity contribution in [1.29, 1.82) is 0 Å². The van der Waals surface area contributed by atoms with Crippen molar-refractivity contribution in [3.8, 4) is 0 Å². The molecule has 0 fully saturated rings. The minimum absolute atomic E-state index is 0.184. The first-order valence-corrected chi connectivity index (χ1v) is 8.92. The van der Waals surface area contributed by atoms with E-state index in [0.717, 1.165) is 5.69 Å². The second-order valence-corrected chi connectivity index (χ2v) is 6.69. The van der Waals surface area contributed by atoms with E-state index in [4.69, 9.17) is 0 Å². The number of benzene rings is 2. The van der Waals surface area contributed by atoms with E-state index in [1.54, 1.807) is 54.6 Å². The molecule has 3 rings (SSSR count). The first-order chi connectivity index (χ1) is 12.6. The lowest BCUT2D eigenvalue weighted by atomic mass is 10.1. The van der Waals surface area contributed by atoms with Gasteiger partial charge in [-0.1, -0.05) is 60.3 Å². The number of rotatable bonds is 6. The Kier molecular flexibility index (Phi) is 5.76. The normalized spacial score (nSPS) is 11.6. The molecule has 0 spiro atoms. The molecule has 0 radical (unpaired) electrons. The number of aromatic nitrogens is 2. The smallest absolute Gasteiger partial charge is 0.252 e. The van der Waals surface area contributed by atoms with Gasteiger partial charge in [0.1, 0.15) is 16.7 Å². The summed E-state index contributed by atoms with van der Waals surface area (Å²) in [6, 6.07) is 19.5. The van der Waals surface area contributed by atoms with Crippen LogP contribution in [0.5, 0.6) is 0 Å².